The number of rotatable bonds is 3. The Labute approximate surface area is 136 Å². The summed E-state index contributed by atoms with van der Waals surface area (Å²) in [5.74, 6) is 0. The average Bonchev–Trinajstić information content (AvgIpc) is 2.96. The second-order valence-electron chi connectivity index (χ2n) is 5.64. The molecule has 2 heterocycles. The van der Waals surface area contributed by atoms with E-state index in [-0.39, 0.29) is 6.04 Å². The van der Waals surface area contributed by atoms with Gasteiger partial charge in [0.1, 0.15) is 4.21 Å². The zero-order valence-corrected chi connectivity index (χ0v) is 14.4. The molecule has 0 spiro atoms. The minimum absolute atomic E-state index is 0.103. The number of thiophene rings is 1. The number of sulfonamides is 1. The van der Waals surface area contributed by atoms with Crippen molar-refractivity contribution in [2.75, 3.05) is 26.7 Å². The third-order valence-electron chi connectivity index (χ3n) is 4.10. The normalized spacial score (nSPS) is 21.1. The lowest BCUT2D eigenvalue weighted by Gasteiger charge is -2.38. The van der Waals surface area contributed by atoms with Gasteiger partial charge in [0.15, 0.2) is 0 Å². The summed E-state index contributed by atoms with van der Waals surface area (Å²) in [6.45, 7) is 3.71. The van der Waals surface area contributed by atoms with E-state index < -0.39 is 10.0 Å². The standard InChI is InChI=1S/C16H20N2O2S2/c1-13-8-9-16(21-13)22(19,20)18-11-10-17(2)15(12-18)14-6-4-3-5-7-14/h3-9,15H,10-12H2,1-2H3. The van der Waals surface area contributed by atoms with Crippen LogP contribution in [-0.2, 0) is 10.0 Å². The van der Waals surface area contributed by atoms with Crippen LogP contribution in [0.5, 0.6) is 0 Å². The predicted molar refractivity (Wildman–Crippen MR) is 89.6 cm³/mol. The maximum absolute atomic E-state index is 12.8. The first-order chi connectivity index (χ1) is 10.5. The molecule has 1 aromatic heterocycles. The van der Waals surface area contributed by atoms with Crippen LogP contribution < -0.4 is 0 Å². The Bertz CT molecular complexity index is 741. The Morgan fingerprint density at radius 2 is 1.82 bits per heavy atom. The van der Waals surface area contributed by atoms with Crippen molar-refractivity contribution < 1.29 is 8.42 Å². The number of nitrogens with zero attached hydrogens (tertiary/aromatic N) is 2. The molecule has 0 N–H and O–H groups in total. The highest BCUT2D eigenvalue weighted by atomic mass is 32.2. The molecular weight excluding hydrogens is 316 g/mol. The zero-order valence-electron chi connectivity index (χ0n) is 12.8. The van der Waals surface area contributed by atoms with Gasteiger partial charge in [0.2, 0.25) is 0 Å². The van der Waals surface area contributed by atoms with Crippen LogP contribution in [0.25, 0.3) is 0 Å². The number of benzene rings is 1. The van der Waals surface area contributed by atoms with Crippen LogP contribution in [0.3, 0.4) is 0 Å². The lowest BCUT2D eigenvalue weighted by atomic mass is 10.0. The molecule has 2 aromatic rings. The molecule has 1 saturated heterocycles. The Hall–Kier alpha value is -1.21. The number of hydrogen-bond donors (Lipinski definition) is 0. The van der Waals surface area contributed by atoms with E-state index >= 15 is 0 Å². The van der Waals surface area contributed by atoms with Crippen molar-refractivity contribution in [2.24, 2.45) is 0 Å². The van der Waals surface area contributed by atoms with Crippen LogP contribution in [0.2, 0.25) is 0 Å². The molecule has 6 heteroatoms. The summed E-state index contributed by atoms with van der Waals surface area (Å²) in [7, 11) is -1.33. The molecule has 1 atom stereocenters. The van der Waals surface area contributed by atoms with Gasteiger partial charge >= 0.3 is 0 Å². The molecule has 118 valence electrons. The molecule has 22 heavy (non-hydrogen) atoms. The van der Waals surface area contributed by atoms with Crippen molar-refractivity contribution in [1.29, 1.82) is 0 Å². The Kier molecular flexibility index (Phi) is 4.36. The molecule has 4 nitrogen and oxygen atoms in total. The molecule has 1 fully saturated rings. The SMILES string of the molecule is Cc1ccc(S(=O)(=O)N2CCN(C)C(c3ccccc3)C2)s1. The first-order valence-electron chi connectivity index (χ1n) is 7.30. The van der Waals surface area contributed by atoms with Gasteiger partial charge in [-0.25, -0.2) is 8.42 Å². The minimum Gasteiger partial charge on any atom is -0.297 e. The van der Waals surface area contributed by atoms with Gasteiger partial charge in [-0.1, -0.05) is 30.3 Å². The molecule has 0 saturated carbocycles. The van der Waals surface area contributed by atoms with Gasteiger partial charge in [0, 0.05) is 30.6 Å². The van der Waals surface area contributed by atoms with E-state index in [1.807, 2.05) is 31.2 Å². The maximum Gasteiger partial charge on any atom is 0.252 e. The van der Waals surface area contributed by atoms with E-state index in [0.29, 0.717) is 17.3 Å². The van der Waals surface area contributed by atoms with Crippen molar-refractivity contribution in [3.8, 4) is 0 Å². The summed E-state index contributed by atoms with van der Waals surface area (Å²) in [4.78, 5) is 3.24. The van der Waals surface area contributed by atoms with Gasteiger partial charge in [-0.15, -0.1) is 11.3 Å². The summed E-state index contributed by atoms with van der Waals surface area (Å²) in [6.07, 6.45) is 0. The lowest BCUT2D eigenvalue weighted by Crippen LogP contribution is -2.48. The smallest absolute Gasteiger partial charge is 0.252 e. The third-order valence-corrected chi connectivity index (χ3v) is 7.44. The van der Waals surface area contributed by atoms with Gasteiger partial charge in [-0.2, -0.15) is 4.31 Å². The van der Waals surface area contributed by atoms with E-state index in [4.69, 9.17) is 0 Å². The van der Waals surface area contributed by atoms with Gasteiger partial charge in [0.25, 0.3) is 10.0 Å². The van der Waals surface area contributed by atoms with Gasteiger partial charge in [0.05, 0.1) is 0 Å². The van der Waals surface area contributed by atoms with Crippen molar-refractivity contribution >= 4 is 21.4 Å². The zero-order chi connectivity index (χ0) is 15.7. The van der Waals surface area contributed by atoms with Crippen LogP contribution >= 0.6 is 11.3 Å². The molecular formula is C16H20N2O2S2. The molecule has 0 aliphatic carbocycles. The van der Waals surface area contributed by atoms with E-state index in [1.165, 1.54) is 11.3 Å². The fourth-order valence-corrected chi connectivity index (χ4v) is 5.66. The highest BCUT2D eigenvalue weighted by molar-refractivity contribution is 7.91. The highest BCUT2D eigenvalue weighted by Crippen LogP contribution is 2.30. The van der Waals surface area contributed by atoms with E-state index in [0.717, 1.165) is 17.0 Å². The topological polar surface area (TPSA) is 40.6 Å². The van der Waals surface area contributed by atoms with Crippen molar-refractivity contribution in [1.82, 2.24) is 9.21 Å². The molecule has 1 aromatic carbocycles. The summed E-state index contributed by atoms with van der Waals surface area (Å²) >= 11 is 1.34. The number of aryl methyl sites for hydroxylation is 1. The first kappa shape index (κ1) is 15.7. The average molecular weight is 336 g/mol. The molecule has 0 bridgehead atoms. The summed E-state index contributed by atoms with van der Waals surface area (Å²) in [5.41, 5.74) is 1.16. The fourth-order valence-electron chi connectivity index (χ4n) is 2.78. The molecule has 1 unspecified atom stereocenters. The molecule has 0 amide bonds. The molecule has 3 rings (SSSR count). The lowest BCUT2D eigenvalue weighted by molar-refractivity contribution is 0.148. The number of likely N-dealkylation sites (N-methyl/N-ethyl adjacent to an activating group) is 1. The molecule has 0 radical (unpaired) electrons. The summed E-state index contributed by atoms with van der Waals surface area (Å²) in [5, 5.41) is 0. The second-order valence-corrected chi connectivity index (χ2v) is 9.09. The van der Waals surface area contributed by atoms with Gasteiger partial charge in [-0.05, 0) is 31.7 Å². The quantitative estimate of drug-likeness (QED) is 0.865. The van der Waals surface area contributed by atoms with Gasteiger partial charge in [-0.3, -0.25) is 4.90 Å². The van der Waals surface area contributed by atoms with Crippen LogP contribution in [-0.4, -0.2) is 44.3 Å². The Morgan fingerprint density at radius 1 is 1.09 bits per heavy atom. The van der Waals surface area contributed by atoms with Gasteiger partial charge < -0.3 is 0 Å². The van der Waals surface area contributed by atoms with Crippen molar-refractivity contribution in [3.63, 3.8) is 0 Å². The highest BCUT2D eigenvalue weighted by Gasteiger charge is 2.34. The molecule has 1 aliphatic rings. The van der Waals surface area contributed by atoms with Crippen LogP contribution in [0, 0.1) is 6.92 Å². The summed E-state index contributed by atoms with van der Waals surface area (Å²) < 4.78 is 27.7. The fraction of sp³-hybridized carbons (Fsp3) is 0.375. The van der Waals surface area contributed by atoms with E-state index in [9.17, 15) is 8.42 Å². The monoisotopic (exact) mass is 336 g/mol. The van der Waals surface area contributed by atoms with Crippen LogP contribution in [0.1, 0.15) is 16.5 Å². The minimum atomic E-state index is -3.38. The van der Waals surface area contributed by atoms with E-state index in [2.05, 4.69) is 24.1 Å². The van der Waals surface area contributed by atoms with Crippen molar-refractivity contribution in [3.05, 3.63) is 52.9 Å². The van der Waals surface area contributed by atoms with Crippen LogP contribution in [0.4, 0.5) is 0 Å². The Balaban J connectivity index is 1.87. The first-order valence-corrected chi connectivity index (χ1v) is 9.56. The Morgan fingerprint density at radius 3 is 2.45 bits per heavy atom. The second kappa shape index (κ2) is 6.12. The maximum atomic E-state index is 12.8. The van der Waals surface area contributed by atoms with Crippen molar-refractivity contribution in [2.45, 2.75) is 17.2 Å². The third kappa shape index (κ3) is 2.96. The van der Waals surface area contributed by atoms with E-state index in [1.54, 1.807) is 10.4 Å². The largest absolute Gasteiger partial charge is 0.297 e. The summed E-state index contributed by atoms with van der Waals surface area (Å²) in [6, 6.07) is 13.8. The number of hydrogen-bond acceptors (Lipinski definition) is 4. The molecule has 1 aliphatic heterocycles. The predicted octanol–water partition coefficient (Wildman–Crippen LogP) is 2.73. The number of piperazine rings is 1. The van der Waals surface area contributed by atoms with Crippen LogP contribution in [0.15, 0.2) is 46.7 Å².